The van der Waals surface area contributed by atoms with Crippen LogP contribution in [0.5, 0.6) is 5.75 Å². The van der Waals surface area contributed by atoms with E-state index in [-0.39, 0.29) is 17.6 Å². The normalized spacial score (nSPS) is 20.9. The van der Waals surface area contributed by atoms with E-state index in [0.717, 1.165) is 51.1 Å². The molecule has 1 aromatic carbocycles. The van der Waals surface area contributed by atoms with Gasteiger partial charge in [-0.1, -0.05) is 18.2 Å². The summed E-state index contributed by atoms with van der Waals surface area (Å²) >= 11 is 0. The fraction of sp³-hybridized carbons (Fsp3) is 0.500. The Labute approximate surface area is 178 Å². The molecule has 0 unspecified atom stereocenters. The summed E-state index contributed by atoms with van der Waals surface area (Å²) in [4.78, 5) is 18.7. The molecule has 1 spiro atoms. The van der Waals surface area contributed by atoms with Gasteiger partial charge in [0, 0.05) is 38.6 Å². The molecule has 6 nitrogen and oxygen atoms in total. The van der Waals surface area contributed by atoms with E-state index in [1.165, 1.54) is 5.56 Å². The molecule has 2 aromatic rings. The number of ether oxygens (including phenoxy) is 2. The number of para-hydroxylation sites is 1. The fourth-order valence-corrected chi connectivity index (χ4v) is 4.37. The Hall–Kier alpha value is -2.44. The van der Waals surface area contributed by atoms with Crippen molar-refractivity contribution in [2.45, 2.75) is 50.4 Å². The molecule has 2 saturated heterocycles. The molecule has 1 amide bonds. The molecule has 3 heterocycles. The van der Waals surface area contributed by atoms with E-state index < -0.39 is 0 Å². The molecule has 0 saturated carbocycles. The zero-order valence-electron chi connectivity index (χ0n) is 17.5. The van der Waals surface area contributed by atoms with Crippen molar-refractivity contribution in [3.63, 3.8) is 0 Å². The first-order chi connectivity index (χ1) is 14.7. The lowest BCUT2D eigenvalue weighted by Crippen LogP contribution is -2.44. The predicted octanol–water partition coefficient (Wildman–Crippen LogP) is 3.18. The lowest BCUT2D eigenvalue weighted by Gasteiger charge is -2.39. The number of aromatic nitrogens is 1. The Kier molecular flexibility index (Phi) is 6.97. The van der Waals surface area contributed by atoms with Crippen molar-refractivity contribution >= 4 is 5.91 Å². The number of hydrogen-bond donors (Lipinski definition) is 1. The zero-order chi connectivity index (χ0) is 20.7. The Morgan fingerprint density at radius 1 is 1.13 bits per heavy atom. The monoisotopic (exact) mass is 409 g/mol. The van der Waals surface area contributed by atoms with Crippen molar-refractivity contribution in [1.82, 2.24) is 15.2 Å². The molecule has 1 N–H and O–H groups in total. The first kappa shape index (κ1) is 20.8. The second-order valence-corrected chi connectivity index (χ2v) is 8.31. The second kappa shape index (κ2) is 10.0. The maximum Gasteiger partial charge on any atom is 0.223 e. The second-order valence-electron chi connectivity index (χ2n) is 8.31. The van der Waals surface area contributed by atoms with Crippen molar-refractivity contribution in [3.05, 3.63) is 60.4 Å². The molecule has 2 aliphatic rings. The van der Waals surface area contributed by atoms with Gasteiger partial charge in [0.25, 0.3) is 0 Å². The summed E-state index contributed by atoms with van der Waals surface area (Å²) in [5.74, 6) is 0.810. The van der Waals surface area contributed by atoms with Crippen LogP contribution in [0, 0.1) is 0 Å². The highest BCUT2D eigenvalue weighted by Gasteiger charge is 2.42. The predicted molar refractivity (Wildman–Crippen MR) is 115 cm³/mol. The quantitative estimate of drug-likeness (QED) is 0.726. The summed E-state index contributed by atoms with van der Waals surface area (Å²) in [6.07, 6.45) is 8.42. The number of carbonyl (C=O) groups is 1. The molecular formula is C24H31N3O3. The summed E-state index contributed by atoms with van der Waals surface area (Å²) < 4.78 is 12.0. The molecule has 2 fully saturated rings. The summed E-state index contributed by atoms with van der Waals surface area (Å²) in [6.45, 7) is 4.06. The van der Waals surface area contributed by atoms with Crippen LogP contribution in [-0.4, -0.2) is 53.7 Å². The number of hydrogen-bond acceptors (Lipinski definition) is 5. The van der Waals surface area contributed by atoms with Gasteiger partial charge in [0.05, 0.1) is 24.7 Å². The van der Waals surface area contributed by atoms with Crippen LogP contribution in [0.1, 0.15) is 37.7 Å². The van der Waals surface area contributed by atoms with Crippen molar-refractivity contribution in [1.29, 1.82) is 0 Å². The summed E-state index contributed by atoms with van der Waals surface area (Å²) in [5.41, 5.74) is 1.31. The molecule has 0 bridgehead atoms. The van der Waals surface area contributed by atoms with Gasteiger partial charge in [0.15, 0.2) is 0 Å². The number of piperidine rings is 1. The standard InChI is InChI=1S/C24H31N3O3/c28-23(9-17-29-21-4-2-1-3-5-21)26-18-22-6-10-24(30-22)11-15-27(16-12-24)19-20-7-13-25-14-8-20/h1-5,7-8,13-14,22H,6,9-12,15-19H2,(H,26,28)/t22-/m0/s1. The summed E-state index contributed by atoms with van der Waals surface area (Å²) in [7, 11) is 0. The number of benzene rings is 1. The average molecular weight is 410 g/mol. The molecule has 0 radical (unpaired) electrons. The Balaban J connectivity index is 1.13. The van der Waals surface area contributed by atoms with Gasteiger partial charge in [-0.05, 0) is 55.5 Å². The van der Waals surface area contributed by atoms with Crippen molar-refractivity contribution < 1.29 is 14.3 Å². The number of nitrogens with one attached hydrogen (secondary N) is 1. The minimum Gasteiger partial charge on any atom is -0.493 e. The molecule has 6 heteroatoms. The average Bonchev–Trinajstić information content (AvgIpc) is 3.18. The van der Waals surface area contributed by atoms with Crippen LogP contribution < -0.4 is 10.1 Å². The minimum atomic E-state index is 0.000554. The third-order valence-corrected chi connectivity index (χ3v) is 6.13. The molecule has 30 heavy (non-hydrogen) atoms. The van der Waals surface area contributed by atoms with E-state index in [0.29, 0.717) is 19.6 Å². The fourth-order valence-electron chi connectivity index (χ4n) is 4.37. The number of carbonyl (C=O) groups excluding carboxylic acids is 1. The maximum atomic E-state index is 12.1. The third kappa shape index (κ3) is 5.80. The van der Waals surface area contributed by atoms with Gasteiger partial charge >= 0.3 is 0 Å². The molecule has 2 aliphatic heterocycles. The van der Waals surface area contributed by atoms with Crippen molar-refractivity contribution in [2.24, 2.45) is 0 Å². The number of likely N-dealkylation sites (tertiary alicyclic amines) is 1. The maximum absolute atomic E-state index is 12.1. The van der Waals surface area contributed by atoms with E-state index >= 15 is 0 Å². The molecule has 0 aliphatic carbocycles. The summed E-state index contributed by atoms with van der Waals surface area (Å²) in [5, 5.41) is 3.01. The van der Waals surface area contributed by atoms with E-state index in [1.807, 2.05) is 42.7 Å². The molecular weight excluding hydrogens is 378 g/mol. The zero-order valence-corrected chi connectivity index (χ0v) is 17.5. The Morgan fingerprint density at radius 2 is 1.90 bits per heavy atom. The van der Waals surface area contributed by atoms with E-state index in [4.69, 9.17) is 9.47 Å². The van der Waals surface area contributed by atoms with Crippen LogP contribution in [-0.2, 0) is 16.1 Å². The highest BCUT2D eigenvalue weighted by atomic mass is 16.5. The van der Waals surface area contributed by atoms with Crippen LogP contribution in [0.25, 0.3) is 0 Å². The van der Waals surface area contributed by atoms with Gasteiger partial charge in [-0.3, -0.25) is 14.7 Å². The highest BCUT2D eigenvalue weighted by molar-refractivity contribution is 5.76. The molecule has 4 rings (SSSR count). The highest BCUT2D eigenvalue weighted by Crippen LogP contribution is 2.39. The van der Waals surface area contributed by atoms with Crippen LogP contribution in [0.2, 0.25) is 0 Å². The number of amides is 1. The van der Waals surface area contributed by atoms with Gasteiger partial charge in [0.1, 0.15) is 5.75 Å². The van der Waals surface area contributed by atoms with Gasteiger partial charge in [0.2, 0.25) is 5.91 Å². The van der Waals surface area contributed by atoms with Gasteiger partial charge < -0.3 is 14.8 Å². The van der Waals surface area contributed by atoms with Crippen molar-refractivity contribution in [3.8, 4) is 5.75 Å². The SMILES string of the molecule is O=C(CCOc1ccccc1)NC[C@@H]1CCC2(CCN(Cc3ccncc3)CC2)O1. The summed E-state index contributed by atoms with van der Waals surface area (Å²) in [6, 6.07) is 13.7. The van der Waals surface area contributed by atoms with Gasteiger partial charge in [-0.25, -0.2) is 0 Å². The first-order valence-corrected chi connectivity index (χ1v) is 10.9. The third-order valence-electron chi connectivity index (χ3n) is 6.13. The van der Waals surface area contributed by atoms with Crippen LogP contribution in [0.4, 0.5) is 0 Å². The minimum absolute atomic E-state index is 0.000554. The van der Waals surface area contributed by atoms with Gasteiger partial charge in [-0.15, -0.1) is 0 Å². The smallest absolute Gasteiger partial charge is 0.223 e. The Bertz CT molecular complexity index is 792. The number of rotatable bonds is 8. The van der Waals surface area contributed by atoms with Crippen LogP contribution in [0.3, 0.4) is 0 Å². The number of pyridine rings is 1. The first-order valence-electron chi connectivity index (χ1n) is 10.9. The van der Waals surface area contributed by atoms with Crippen LogP contribution >= 0.6 is 0 Å². The van der Waals surface area contributed by atoms with E-state index in [2.05, 4.69) is 27.3 Å². The Morgan fingerprint density at radius 3 is 2.67 bits per heavy atom. The molecule has 1 aromatic heterocycles. The number of nitrogens with zero attached hydrogens (tertiary/aromatic N) is 2. The van der Waals surface area contributed by atoms with Crippen LogP contribution in [0.15, 0.2) is 54.9 Å². The largest absolute Gasteiger partial charge is 0.493 e. The van der Waals surface area contributed by atoms with Crippen molar-refractivity contribution in [2.75, 3.05) is 26.2 Å². The van der Waals surface area contributed by atoms with Gasteiger partial charge in [-0.2, -0.15) is 0 Å². The molecule has 1 atom stereocenters. The molecule has 160 valence electrons. The lowest BCUT2D eigenvalue weighted by atomic mass is 9.88. The van der Waals surface area contributed by atoms with E-state index in [1.54, 1.807) is 0 Å². The topological polar surface area (TPSA) is 63.7 Å². The van der Waals surface area contributed by atoms with E-state index in [9.17, 15) is 4.79 Å². The lowest BCUT2D eigenvalue weighted by molar-refractivity contribution is -0.123.